The molecule has 0 aliphatic carbocycles. The Morgan fingerprint density at radius 3 is 2.64 bits per heavy atom. The second-order valence-corrected chi connectivity index (χ2v) is 10.0. The van der Waals surface area contributed by atoms with Gasteiger partial charge in [0.1, 0.15) is 5.75 Å². The molecule has 5 heteroatoms. The summed E-state index contributed by atoms with van der Waals surface area (Å²) < 4.78 is 8.21. The molecule has 0 N–H and O–H groups in total. The first-order chi connectivity index (χ1) is 16.0. The summed E-state index contributed by atoms with van der Waals surface area (Å²) in [6, 6.07) is 16.2. The number of fused-ring (bicyclic) bond motifs is 1. The summed E-state index contributed by atoms with van der Waals surface area (Å²) in [4.78, 5) is 15.3. The molecule has 0 radical (unpaired) electrons. The minimum absolute atomic E-state index is 0.240. The zero-order valence-corrected chi connectivity index (χ0v) is 20.6. The smallest absolute Gasteiger partial charge is 0.152 e. The Balaban J connectivity index is 1.52. The van der Waals surface area contributed by atoms with Gasteiger partial charge in [0.25, 0.3) is 0 Å². The Hall–Kier alpha value is -2.30. The van der Waals surface area contributed by atoms with Gasteiger partial charge in [-0.2, -0.15) is 0 Å². The predicted octanol–water partition coefficient (Wildman–Crippen LogP) is 6.83. The van der Waals surface area contributed by atoms with Gasteiger partial charge in [-0.1, -0.05) is 44.0 Å². The Morgan fingerprint density at radius 1 is 1.06 bits per heavy atom. The lowest BCUT2D eigenvalue weighted by atomic mass is 10.1. The largest absolute Gasteiger partial charge is 0.494 e. The van der Waals surface area contributed by atoms with Crippen molar-refractivity contribution in [1.29, 1.82) is 0 Å². The van der Waals surface area contributed by atoms with Crippen LogP contribution in [0.25, 0.3) is 22.2 Å². The highest BCUT2D eigenvalue weighted by molar-refractivity contribution is 6.30. The zero-order valence-electron chi connectivity index (χ0n) is 19.9. The first-order valence-corrected chi connectivity index (χ1v) is 12.6. The van der Waals surface area contributed by atoms with Crippen molar-refractivity contribution >= 4 is 28.3 Å². The van der Waals surface area contributed by atoms with E-state index in [1.807, 2.05) is 30.3 Å². The van der Waals surface area contributed by atoms with Gasteiger partial charge in [0.15, 0.2) is 5.78 Å². The second kappa shape index (κ2) is 11.2. The molecule has 176 valence electrons. The van der Waals surface area contributed by atoms with Gasteiger partial charge in [-0.05, 0) is 80.2 Å². The molecule has 3 aromatic rings. The fourth-order valence-electron chi connectivity index (χ4n) is 4.75. The van der Waals surface area contributed by atoms with E-state index >= 15 is 0 Å². The van der Waals surface area contributed by atoms with Crippen LogP contribution in [0.4, 0.5) is 0 Å². The molecule has 2 aromatic carbocycles. The van der Waals surface area contributed by atoms with E-state index in [1.165, 1.54) is 32.4 Å². The predicted molar refractivity (Wildman–Crippen MR) is 137 cm³/mol. The maximum absolute atomic E-state index is 12.7. The molecular formula is C28H35ClN2O2. The van der Waals surface area contributed by atoms with Gasteiger partial charge in [0.05, 0.1) is 13.2 Å². The fraction of sp³-hybridized carbons (Fsp3) is 0.464. The van der Waals surface area contributed by atoms with E-state index in [9.17, 15) is 4.79 Å². The molecule has 1 aromatic heterocycles. The number of rotatable bonds is 10. The Bertz CT molecular complexity index is 1080. The number of piperidine rings is 1. The number of carbonyl (C=O) groups is 1. The topological polar surface area (TPSA) is 34.5 Å². The number of likely N-dealkylation sites (tertiary alicyclic amines) is 1. The third-order valence-electron chi connectivity index (χ3n) is 6.30. The van der Waals surface area contributed by atoms with Gasteiger partial charge < -0.3 is 14.2 Å². The molecule has 2 heterocycles. The Kier molecular flexibility index (Phi) is 8.11. The molecule has 0 bridgehead atoms. The van der Waals surface area contributed by atoms with Crippen molar-refractivity contribution in [3.8, 4) is 17.0 Å². The molecule has 4 nitrogen and oxygen atoms in total. The van der Waals surface area contributed by atoms with E-state index in [-0.39, 0.29) is 5.78 Å². The SMILES string of the molecule is CC(C)CC(=O)Cn1c(-c2cccc(Cl)c2)cc2cc(OCCCN3CCCCC3)ccc21. The number of nitrogens with zero attached hydrogens (tertiary/aromatic N) is 2. The maximum atomic E-state index is 12.7. The second-order valence-electron chi connectivity index (χ2n) is 9.59. The maximum Gasteiger partial charge on any atom is 0.152 e. The average molecular weight is 467 g/mol. The fourth-order valence-corrected chi connectivity index (χ4v) is 4.94. The van der Waals surface area contributed by atoms with E-state index in [1.54, 1.807) is 0 Å². The van der Waals surface area contributed by atoms with Crippen molar-refractivity contribution in [1.82, 2.24) is 9.47 Å². The molecule has 0 saturated carbocycles. The van der Waals surface area contributed by atoms with E-state index in [2.05, 4.69) is 41.5 Å². The lowest BCUT2D eigenvalue weighted by Crippen LogP contribution is -2.31. The van der Waals surface area contributed by atoms with Crippen molar-refractivity contribution in [3.63, 3.8) is 0 Å². The van der Waals surface area contributed by atoms with Crippen molar-refractivity contribution in [2.45, 2.75) is 52.5 Å². The van der Waals surface area contributed by atoms with Crippen molar-refractivity contribution in [2.75, 3.05) is 26.2 Å². The molecule has 1 saturated heterocycles. The standard InChI is InChI=1S/C28H35ClN2O2/c1-21(2)16-25(32)20-31-27-11-10-26(33-15-7-14-30-12-4-3-5-13-30)18-23(27)19-28(31)22-8-6-9-24(29)17-22/h6,8-11,17-19,21H,3-5,7,12-16,20H2,1-2H3. The highest BCUT2D eigenvalue weighted by Gasteiger charge is 2.16. The number of aromatic nitrogens is 1. The number of Topliss-reactive ketones (excluding diaryl/α,β-unsaturated/α-hetero) is 1. The molecule has 1 fully saturated rings. The van der Waals surface area contributed by atoms with Crippen LogP contribution in [-0.4, -0.2) is 41.5 Å². The van der Waals surface area contributed by atoms with Crippen LogP contribution >= 0.6 is 11.6 Å². The molecule has 0 atom stereocenters. The molecule has 0 amide bonds. The summed E-state index contributed by atoms with van der Waals surface area (Å²) in [5.74, 6) is 1.46. The molecule has 1 aliphatic rings. The van der Waals surface area contributed by atoms with Gasteiger partial charge >= 0.3 is 0 Å². The van der Waals surface area contributed by atoms with E-state index < -0.39 is 0 Å². The van der Waals surface area contributed by atoms with Crippen molar-refractivity contribution in [3.05, 3.63) is 53.6 Å². The summed E-state index contributed by atoms with van der Waals surface area (Å²) >= 11 is 6.27. The van der Waals surface area contributed by atoms with Crippen LogP contribution in [0.15, 0.2) is 48.5 Å². The highest BCUT2D eigenvalue weighted by Crippen LogP contribution is 2.32. The Labute approximate surface area is 202 Å². The first kappa shape index (κ1) is 23.8. The van der Waals surface area contributed by atoms with E-state index in [0.29, 0.717) is 23.9 Å². The summed E-state index contributed by atoms with van der Waals surface area (Å²) in [5.41, 5.74) is 3.06. The van der Waals surface area contributed by atoms with Crippen LogP contribution < -0.4 is 4.74 Å². The number of hydrogen-bond acceptors (Lipinski definition) is 3. The minimum Gasteiger partial charge on any atom is -0.494 e. The van der Waals surface area contributed by atoms with Gasteiger partial charge in [0, 0.05) is 34.6 Å². The number of hydrogen-bond donors (Lipinski definition) is 0. The molecule has 4 rings (SSSR count). The molecule has 1 aliphatic heterocycles. The van der Waals surface area contributed by atoms with Gasteiger partial charge in [-0.3, -0.25) is 4.79 Å². The van der Waals surface area contributed by atoms with Crippen molar-refractivity contribution in [2.24, 2.45) is 5.92 Å². The van der Waals surface area contributed by atoms with Crippen LogP contribution in [0.3, 0.4) is 0 Å². The van der Waals surface area contributed by atoms with Crippen LogP contribution in [0.2, 0.25) is 5.02 Å². The number of ether oxygens (including phenoxy) is 1. The van der Waals surface area contributed by atoms with Gasteiger partial charge in [-0.15, -0.1) is 0 Å². The number of benzene rings is 2. The molecular weight excluding hydrogens is 432 g/mol. The van der Waals surface area contributed by atoms with Crippen LogP contribution in [0.5, 0.6) is 5.75 Å². The number of carbonyl (C=O) groups excluding carboxylic acids is 1. The summed E-state index contributed by atoms with van der Waals surface area (Å²) in [5, 5.41) is 1.77. The van der Waals surface area contributed by atoms with E-state index in [4.69, 9.17) is 16.3 Å². The lowest BCUT2D eigenvalue weighted by molar-refractivity contribution is -0.120. The Morgan fingerprint density at radius 2 is 1.88 bits per heavy atom. The summed E-state index contributed by atoms with van der Waals surface area (Å²) in [7, 11) is 0. The summed E-state index contributed by atoms with van der Waals surface area (Å²) in [6.45, 7) is 8.80. The number of halogens is 1. The average Bonchev–Trinajstić information content (AvgIpc) is 3.14. The third kappa shape index (κ3) is 6.39. The molecule has 0 spiro atoms. The highest BCUT2D eigenvalue weighted by atomic mass is 35.5. The van der Waals surface area contributed by atoms with Crippen LogP contribution in [0, 0.1) is 5.92 Å². The zero-order chi connectivity index (χ0) is 23.2. The normalized spacial score (nSPS) is 14.8. The van der Waals surface area contributed by atoms with Gasteiger partial charge in [0.2, 0.25) is 0 Å². The lowest BCUT2D eigenvalue weighted by Gasteiger charge is -2.26. The molecule has 0 unspecified atom stereocenters. The molecule has 33 heavy (non-hydrogen) atoms. The minimum atomic E-state index is 0.240. The summed E-state index contributed by atoms with van der Waals surface area (Å²) in [6.07, 6.45) is 5.63. The monoisotopic (exact) mass is 466 g/mol. The van der Waals surface area contributed by atoms with Crippen LogP contribution in [-0.2, 0) is 11.3 Å². The van der Waals surface area contributed by atoms with E-state index in [0.717, 1.165) is 47.5 Å². The van der Waals surface area contributed by atoms with Gasteiger partial charge in [-0.25, -0.2) is 0 Å². The number of ketones is 1. The first-order valence-electron chi connectivity index (χ1n) is 12.3. The van der Waals surface area contributed by atoms with Crippen molar-refractivity contribution < 1.29 is 9.53 Å². The quantitative estimate of drug-likeness (QED) is 0.307. The third-order valence-corrected chi connectivity index (χ3v) is 6.53. The van der Waals surface area contributed by atoms with Crippen LogP contribution in [0.1, 0.15) is 46.0 Å².